The second kappa shape index (κ2) is 7.64. The first-order valence-corrected chi connectivity index (χ1v) is 11.5. The Balaban J connectivity index is 1.14. The summed E-state index contributed by atoms with van der Waals surface area (Å²) in [7, 11) is 0. The second-order valence-corrected chi connectivity index (χ2v) is 9.80. The van der Waals surface area contributed by atoms with E-state index in [4.69, 9.17) is 9.47 Å². The van der Waals surface area contributed by atoms with E-state index in [1.165, 1.54) is 38.5 Å². The molecular weight excluding hydrogens is 340 g/mol. The van der Waals surface area contributed by atoms with Crippen LogP contribution in [0.4, 0.5) is 0 Å². The summed E-state index contributed by atoms with van der Waals surface area (Å²) in [5.41, 5.74) is 0.0855. The number of amides is 1. The van der Waals surface area contributed by atoms with Gasteiger partial charge in [-0.2, -0.15) is 0 Å². The summed E-state index contributed by atoms with van der Waals surface area (Å²) in [6, 6.07) is 0.669. The predicted octanol–water partition coefficient (Wildman–Crippen LogP) is 2.73. The highest BCUT2D eigenvalue weighted by molar-refractivity contribution is 5.75. The van der Waals surface area contributed by atoms with E-state index in [0.717, 1.165) is 58.0 Å². The molecule has 1 N–H and O–H groups in total. The van der Waals surface area contributed by atoms with Gasteiger partial charge in [-0.15, -0.1) is 0 Å². The molecular formula is C22H36N2O3. The molecule has 0 aromatic heterocycles. The van der Waals surface area contributed by atoms with Crippen LogP contribution in [0.25, 0.3) is 0 Å². The summed E-state index contributed by atoms with van der Waals surface area (Å²) >= 11 is 0. The van der Waals surface area contributed by atoms with Gasteiger partial charge in [0.25, 0.3) is 0 Å². The lowest BCUT2D eigenvalue weighted by Gasteiger charge is -2.32. The minimum absolute atomic E-state index is 0.0855. The molecule has 0 aromatic carbocycles. The molecule has 5 fully saturated rings. The van der Waals surface area contributed by atoms with Crippen molar-refractivity contribution in [1.29, 1.82) is 0 Å². The molecule has 0 aromatic rings. The number of fused-ring (bicyclic) bond motifs is 1. The quantitative estimate of drug-likeness (QED) is 0.774. The van der Waals surface area contributed by atoms with Crippen LogP contribution in [0.3, 0.4) is 0 Å². The molecule has 5 rings (SSSR count). The first kappa shape index (κ1) is 18.4. The lowest BCUT2D eigenvalue weighted by molar-refractivity contribution is -0.121. The van der Waals surface area contributed by atoms with Crippen LogP contribution in [0.2, 0.25) is 0 Å². The number of carbonyl (C=O) groups excluding carboxylic acids is 1. The van der Waals surface area contributed by atoms with Crippen molar-refractivity contribution in [2.45, 2.75) is 82.0 Å². The second-order valence-electron chi connectivity index (χ2n) is 9.80. The third-order valence-electron chi connectivity index (χ3n) is 8.31. The summed E-state index contributed by atoms with van der Waals surface area (Å²) in [6.07, 6.45) is 12.3. The smallest absolute Gasteiger partial charge is 0.220 e. The Bertz CT molecular complexity index is 544. The van der Waals surface area contributed by atoms with E-state index in [1.54, 1.807) is 0 Å². The fourth-order valence-electron chi connectivity index (χ4n) is 6.78. The molecule has 1 aliphatic carbocycles. The maximum Gasteiger partial charge on any atom is 0.220 e. The Morgan fingerprint density at radius 1 is 1.11 bits per heavy atom. The first-order valence-electron chi connectivity index (χ1n) is 11.5. The van der Waals surface area contributed by atoms with Gasteiger partial charge in [0.1, 0.15) is 0 Å². The minimum atomic E-state index is 0.0855. The van der Waals surface area contributed by atoms with Gasteiger partial charge in [-0.25, -0.2) is 0 Å². The minimum Gasteiger partial charge on any atom is -0.381 e. The van der Waals surface area contributed by atoms with E-state index in [0.29, 0.717) is 30.4 Å². The fourth-order valence-corrected chi connectivity index (χ4v) is 6.78. The number of nitrogens with zero attached hydrogens (tertiary/aromatic N) is 1. The number of hydrogen-bond donors (Lipinski definition) is 1. The van der Waals surface area contributed by atoms with Crippen molar-refractivity contribution in [3.05, 3.63) is 0 Å². The number of nitrogens with one attached hydrogen (secondary N) is 1. The summed E-state index contributed by atoms with van der Waals surface area (Å²) in [4.78, 5) is 15.1. The van der Waals surface area contributed by atoms with Crippen LogP contribution >= 0.6 is 0 Å². The molecule has 4 aliphatic heterocycles. The zero-order valence-electron chi connectivity index (χ0n) is 16.7. The number of rotatable bonds is 6. The molecule has 1 saturated carbocycles. The molecule has 1 amide bonds. The van der Waals surface area contributed by atoms with Crippen molar-refractivity contribution in [2.75, 3.05) is 32.8 Å². The van der Waals surface area contributed by atoms with Gasteiger partial charge in [-0.05, 0) is 38.0 Å². The van der Waals surface area contributed by atoms with Crippen LogP contribution in [0.15, 0.2) is 0 Å². The molecule has 4 saturated heterocycles. The number of likely N-dealkylation sites (tertiary alicyclic amines) is 1. The molecule has 2 bridgehead atoms. The van der Waals surface area contributed by atoms with Crippen molar-refractivity contribution in [1.82, 2.24) is 10.2 Å². The Hall–Kier alpha value is -0.650. The van der Waals surface area contributed by atoms with Gasteiger partial charge in [0.05, 0.1) is 11.7 Å². The highest BCUT2D eigenvalue weighted by Crippen LogP contribution is 2.55. The van der Waals surface area contributed by atoms with Crippen molar-refractivity contribution in [3.8, 4) is 0 Å². The normalized spacial score (nSPS) is 39.9. The van der Waals surface area contributed by atoms with Crippen LogP contribution in [0.1, 0.15) is 64.2 Å². The van der Waals surface area contributed by atoms with Gasteiger partial charge in [-0.1, -0.05) is 25.7 Å². The SMILES string of the molecule is O=C(CCC1CCCC1)NC[C@H]1[C@H]2CN(C3CCOCC3)C[C@]23CC[C@H]1O3. The third kappa shape index (κ3) is 3.56. The Kier molecular flexibility index (Phi) is 5.20. The van der Waals surface area contributed by atoms with Crippen molar-refractivity contribution >= 4 is 5.91 Å². The van der Waals surface area contributed by atoms with Crippen LogP contribution in [-0.4, -0.2) is 61.4 Å². The van der Waals surface area contributed by atoms with Crippen molar-refractivity contribution < 1.29 is 14.3 Å². The van der Waals surface area contributed by atoms with E-state index in [-0.39, 0.29) is 11.5 Å². The number of ether oxygens (including phenoxy) is 2. The average Bonchev–Trinajstić information content (AvgIpc) is 3.46. The lowest BCUT2D eigenvalue weighted by Crippen LogP contribution is -2.41. The summed E-state index contributed by atoms with van der Waals surface area (Å²) in [5, 5.41) is 3.28. The van der Waals surface area contributed by atoms with Crippen LogP contribution in [-0.2, 0) is 14.3 Å². The molecule has 0 radical (unpaired) electrons. The van der Waals surface area contributed by atoms with E-state index >= 15 is 0 Å². The maximum atomic E-state index is 12.4. The van der Waals surface area contributed by atoms with E-state index in [1.807, 2.05) is 0 Å². The molecule has 5 heteroatoms. The highest BCUT2D eigenvalue weighted by Gasteiger charge is 2.63. The molecule has 5 nitrogen and oxygen atoms in total. The van der Waals surface area contributed by atoms with Gasteiger partial charge < -0.3 is 14.8 Å². The van der Waals surface area contributed by atoms with Gasteiger partial charge in [-0.3, -0.25) is 9.69 Å². The largest absolute Gasteiger partial charge is 0.381 e. The molecule has 4 atom stereocenters. The molecule has 4 heterocycles. The Morgan fingerprint density at radius 2 is 1.93 bits per heavy atom. The van der Waals surface area contributed by atoms with Gasteiger partial charge in [0, 0.05) is 57.1 Å². The maximum absolute atomic E-state index is 12.4. The molecule has 0 unspecified atom stereocenters. The van der Waals surface area contributed by atoms with Crippen molar-refractivity contribution in [2.24, 2.45) is 17.8 Å². The number of carbonyl (C=O) groups is 1. The van der Waals surface area contributed by atoms with Crippen LogP contribution in [0, 0.1) is 17.8 Å². The zero-order valence-corrected chi connectivity index (χ0v) is 16.7. The highest BCUT2D eigenvalue weighted by atomic mass is 16.5. The average molecular weight is 377 g/mol. The Labute approximate surface area is 163 Å². The van der Waals surface area contributed by atoms with Crippen LogP contribution in [0.5, 0.6) is 0 Å². The van der Waals surface area contributed by atoms with E-state index < -0.39 is 0 Å². The van der Waals surface area contributed by atoms with Gasteiger partial charge in [0.2, 0.25) is 5.91 Å². The standard InChI is InChI=1S/C22H36N2O3/c25-21(6-5-16-3-1-2-4-16)23-13-18-19-14-24(17-8-11-26-12-9-17)15-22(19)10-7-20(18)27-22/h16-20H,1-15H2,(H,23,25)/t18-,19+,20+,22+/m0/s1. The Morgan fingerprint density at radius 3 is 2.74 bits per heavy atom. The van der Waals surface area contributed by atoms with E-state index in [9.17, 15) is 4.79 Å². The summed E-state index contributed by atoms with van der Waals surface area (Å²) in [5.74, 6) is 2.18. The van der Waals surface area contributed by atoms with Crippen LogP contribution < -0.4 is 5.32 Å². The molecule has 27 heavy (non-hydrogen) atoms. The van der Waals surface area contributed by atoms with E-state index in [2.05, 4.69) is 10.2 Å². The number of hydrogen-bond acceptors (Lipinski definition) is 4. The molecule has 5 aliphatic rings. The van der Waals surface area contributed by atoms with Crippen molar-refractivity contribution in [3.63, 3.8) is 0 Å². The monoisotopic (exact) mass is 376 g/mol. The summed E-state index contributed by atoms with van der Waals surface area (Å²) < 4.78 is 12.1. The molecule has 152 valence electrons. The third-order valence-corrected chi connectivity index (χ3v) is 8.31. The predicted molar refractivity (Wildman–Crippen MR) is 103 cm³/mol. The zero-order chi connectivity index (χ0) is 18.3. The lowest BCUT2D eigenvalue weighted by atomic mass is 9.73. The fraction of sp³-hybridized carbons (Fsp3) is 0.955. The summed E-state index contributed by atoms with van der Waals surface area (Å²) in [6.45, 7) is 4.89. The van der Waals surface area contributed by atoms with Gasteiger partial charge >= 0.3 is 0 Å². The molecule has 1 spiro atoms. The van der Waals surface area contributed by atoms with Gasteiger partial charge in [0.15, 0.2) is 0 Å². The topological polar surface area (TPSA) is 50.8 Å². The first-order chi connectivity index (χ1) is 13.2.